The van der Waals surface area contributed by atoms with Gasteiger partial charge in [-0.3, -0.25) is 9.59 Å². The van der Waals surface area contributed by atoms with E-state index in [9.17, 15) is 30.0 Å². The van der Waals surface area contributed by atoms with Gasteiger partial charge in [-0.15, -0.1) is 0 Å². The average Bonchev–Trinajstić information content (AvgIpc) is 3.21. The molecule has 4 N–H and O–H groups in total. The number of unbranched alkanes of at least 4 members (excludes halogenated alkanes) is 18. The summed E-state index contributed by atoms with van der Waals surface area (Å²) < 4.78 is 22.1. The van der Waals surface area contributed by atoms with Crippen molar-refractivity contribution in [3.05, 3.63) is 48.6 Å². The molecule has 0 aromatic heterocycles. The van der Waals surface area contributed by atoms with Gasteiger partial charge in [0.15, 0.2) is 12.4 Å². The first-order valence-corrected chi connectivity index (χ1v) is 22.7. The molecule has 1 heterocycles. The van der Waals surface area contributed by atoms with Gasteiger partial charge in [-0.2, -0.15) is 0 Å². The second-order valence-corrected chi connectivity index (χ2v) is 15.5. The summed E-state index contributed by atoms with van der Waals surface area (Å²) in [7, 11) is 0. The molecule has 1 aliphatic heterocycles. The second kappa shape index (κ2) is 37.9. The molecule has 2 unspecified atom stereocenters. The van der Waals surface area contributed by atoms with E-state index in [-0.39, 0.29) is 26.1 Å². The van der Waals surface area contributed by atoms with Crippen molar-refractivity contribution < 1.29 is 49.0 Å². The normalized spacial score (nSPS) is 20.7. The molecule has 0 aromatic rings. The average molecular weight is 807 g/mol. The Labute approximate surface area is 346 Å². The molecular formula is C47H82O10. The summed E-state index contributed by atoms with van der Waals surface area (Å²) in [4.78, 5) is 25.3. The van der Waals surface area contributed by atoms with Crippen LogP contribution < -0.4 is 0 Å². The fourth-order valence-corrected chi connectivity index (χ4v) is 6.56. The number of carbonyl (C=O) groups is 2. The Kier molecular flexibility index (Phi) is 35.0. The fourth-order valence-electron chi connectivity index (χ4n) is 6.56. The van der Waals surface area contributed by atoms with Gasteiger partial charge in [0.05, 0.1) is 13.2 Å². The lowest BCUT2D eigenvalue weighted by Crippen LogP contribution is -2.59. The Morgan fingerprint density at radius 3 is 1.60 bits per heavy atom. The molecule has 0 amide bonds. The van der Waals surface area contributed by atoms with E-state index in [1.54, 1.807) is 0 Å². The molecule has 10 heteroatoms. The van der Waals surface area contributed by atoms with Crippen molar-refractivity contribution in [2.45, 2.75) is 218 Å². The minimum Gasteiger partial charge on any atom is -0.462 e. The molecule has 1 saturated heterocycles. The van der Waals surface area contributed by atoms with E-state index >= 15 is 0 Å². The topological polar surface area (TPSA) is 152 Å². The van der Waals surface area contributed by atoms with Crippen LogP contribution in [0.25, 0.3) is 0 Å². The van der Waals surface area contributed by atoms with Gasteiger partial charge in [-0.1, -0.05) is 152 Å². The number of rotatable bonds is 37. The SMILES string of the molecule is CCCCC/C=C/C/C=C/C/C=C/CCCCCCC(=O)O[C@H](COC(=O)CC/C=C/CCCCCCCCCCCCC)CO[C@@H]1O[C@H](CO)[C@H](O)C(O)C1O. The molecule has 0 saturated carbocycles. The zero-order chi connectivity index (χ0) is 41.6. The van der Waals surface area contributed by atoms with Crippen LogP contribution in [-0.4, -0.2) is 89.0 Å². The minimum atomic E-state index is -1.60. The van der Waals surface area contributed by atoms with Crippen LogP contribution >= 0.6 is 0 Å². The van der Waals surface area contributed by atoms with Gasteiger partial charge < -0.3 is 39.4 Å². The predicted octanol–water partition coefficient (Wildman–Crippen LogP) is 9.67. The third kappa shape index (κ3) is 29.5. The zero-order valence-corrected chi connectivity index (χ0v) is 35.8. The Hall–Kier alpha value is -2.34. The number of esters is 2. The molecule has 57 heavy (non-hydrogen) atoms. The molecule has 0 radical (unpaired) electrons. The highest BCUT2D eigenvalue weighted by Crippen LogP contribution is 2.22. The van der Waals surface area contributed by atoms with Crippen molar-refractivity contribution in [3.8, 4) is 0 Å². The monoisotopic (exact) mass is 807 g/mol. The Balaban J connectivity index is 2.37. The number of aliphatic hydroxyl groups excluding tert-OH is 4. The van der Waals surface area contributed by atoms with E-state index in [0.29, 0.717) is 12.8 Å². The number of carbonyl (C=O) groups excluding carboxylic acids is 2. The minimum absolute atomic E-state index is 0.186. The highest BCUT2D eigenvalue weighted by molar-refractivity contribution is 5.70. The van der Waals surface area contributed by atoms with Crippen LogP contribution in [0.4, 0.5) is 0 Å². The molecule has 330 valence electrons. The molecule has 10 nitrogen and oxygen atoms in total. The number of ether oxygens (including phenoxy) is 4. The first-order chi connectivity index (χ1) is 27.8. The van der Waals surface area contributed by atoms with Crippen LogP contribution in [0.3, 0.4) is 0 Å². The van der Waals surface area contributed by atoms with Gasteiger partial charge in [0.1, 0.15) is 31.0 Å². The van der Waals surface area contributed by atoms with Crippen molar-refractivity contribution in [3.63, 3.8) is 0 Å². The molecule has 1 fully saturated rings. The fraction of sp³-hybridized carbons (Fsp3) is 0.787. The lowest BCUT2D eigenvalue weighted by Gasteiger charge is -2.39. The first-order valence-electron chi connectivity index (χ1n) is 22.7. The summed E-state index contributed by atoms with van der Waals surface area (Å²) in [5.41, 5.74) is 0. The Morgan fingerprint density at radius 2 is 1.02 bits per heavy atom. The summed E-state index contributed by atoms with van der Waals surface area (Å²) in [5, 5.41) is 40.1. The highest BCUT2D eigenvalue weighted by Gasteiger charge is 2.44. The number of allylic oxidation sites excluding steroid dienone is 8. The van der Waals surface area contributed by atoms with Gasteiger partial charge in [0, 0.05) is 12.8 Å². The quantitative estimate of drug-likeness (QED) is 0.0271. The van der Waals surface area contributed by atoms with Crippen LogP contribution in [0.1, 0.15) is 181 Å². The largest absolute Gasteiger partial charge is 0.462 e. The molecule has 6 atom stereocenters. The predicted molar refractivity (Wildman–Crippen MR) is 229 cm³/mol. The zero-order valence-electron chi connectivity index (χ0n) is 35.8. The van der Waals surface area contributed by atoms with Crippen molar-refractivity contribution >= 4 is 11.9 Å². The van der Waals surface area contributed by atoms with Crippen molar-refractivity contribution in [2.24, 2.45) is 0 Å². The second-order valence-electron chi connectivity index (χ2n) is 15.5. The van der Waals surface area contributed by atoms with Crippen molar-refractivity contribution in [1.82, 2.24) is 0 Å². The van der Waals surface area contributed by atoms with E-state index in [2.05, 4.69) is 56.4 Å². The van der Waals surface area contributed by atoms with Gasteiger partial charge >= 0.3 is 11.9 Å². The summed E-state index contributed by atoms with van der Waals surface area (Å²) in [5.74, 6) is -0.889. The van der Waals surface area contributed by atoms with Crippen LogP contribution in [0.15, 0.2) is 48.6 Å². The molecule has 0 aliphatic carbocycles. The maximum absolute atomic E-state index is 12.8. The van der Waals surface area contributed by atoms with Crippen LogP contribution in [0.2, 0.25) is 0 Å². The summed E-state index contributed by atoms with van der Waals surface area (Å²) >= 11 is 0. The van der Waals surface area contributed by atoms with Crippen molar-refractivity contribution in [2.75, 3.05) is 19.8 Å². The molecule has 0 bridgehead atoms. The van der Waals surface area contributed by atoms with Crippen LogP contribution in [0.5, 0.6) is 0 Å². The summed E-state index contributed by atoms with van der Waals surface area (Å²) in [6, 6.07) is 0. The maximum Gasteiger partial charge on any atom is 0.306 e. The molecule has 0 spiro atoms. The standard InChI is InChI=1S/C47H82O10/c1-3-5-7-9-11-13-15-17-19-20-22-24-26-28-30-32-34-36-43(50)56-40(39-55-47-46(53)45(52)44(51)41(37-48)57-47)38-54-42(49)35-33-31-29-27-25-23-21-18-16-14-12-10-8-6-4-2/h11,13,17,19,22,24,29,31,40-41,44-48,51-53H,3-10,12,14-16,18,20-21,23,25-28,30,32-39H2,1-2H3/b13-11+,19-17+,24-22+,31-29+/t40-,41-,44+,45?,46?,47-/m1/s1. The van der Waals surface area contributed by atoms with E-state index in [1.807, 2.05) is 6.08 Å². The molecule has 1 rings (SSSR count). The van der Waals surface area contributed by atoms with Crippen LogP contribution in [-0.2, 0) is 28.5 Å². The smallest absolute Gasteiger partial charge is 0.306 e. The van der Waals surface area contributed by atoms with E-state index in [4.69, 9.17) is 18.9 Å². The Bertz CT molecular complexity index is 1070. The number of hydrogen-bond acceptors (Lipinski definition) is 10. The summed E-state index contributed by atoms with van der Waals surface area (Å²) in [6.07, 6.45) is 37.0. The van der Waals surface area contributed by atoms with E-state index in [0.717, 1.165) is 51.4 Å². The summed E-state index contributed by atoms with van der Waals surface area (Å²) in [6.45, 7) is 3.33. The van der Waals surface area contributed by atoms with E-state index in [1.165, 1.54) is 89.9 Å². The third-order valence-corrected chi connectivity index (χ3v) is 10.2. The lowest BCUT2D eigenvalue weighted by atomic mass is 9.99. The highest BCUT2D eigenvalue weighted by atomic mass is 16.7. The molecule has 0 aromatic carbocycles. The number of hydrogen-bond donors (Lipinski definition) is 4. The van der Waals surface area contributed by atoms with Gasteiger partial charge in [0.2, 0.25) is 0 Å². The number of aliphatic hydroxyl groups is 4. The van der Waals surface area contributed by atoms with Gasteiger partial charge in [-0.05, 0) is 64.2 Å². The van der Waals surface area contributed by atoms with Gasteiger partial charge in [0.25, 0.3) is 0 Å². The lowest BCUT2D eigenvalue weighted by molar-refractivity contribution is -0.305. The van der Waals surface area contributed by atoms with Crippen molar-refractivity contribution in [1.29, 1.82) is 0 Å². The maximum atomic E-state index is 12.8. The van der Waals surface area contributed by atoms with E-state index < -0.39 is 55.4 Å². The first kappa shape index (κ1) is 52.7. The third-order valence-electron chi connectivity index (χ3n) is 10.2. The Morgan fingerprint density at radius 1 is 0.544 bits per heavy atom. The van der Waals surface area contributed by atoms with Gasteiger partial charge in [-0.25, -0.2) is 0 Å². The molecule has 1 aliphatic rings. The molecular weight excluding hydrogens is 725 g/mol. The van der Waals surface area contributed by atoms with Crippen LogP contribution in [0, 0.1) is 0 Å².